The van der Waals surface area contributed by atoms with E-state index in [0.29, 0.717) is 13.0 Å². The molecule has 0 bridgehead atoms. The van der Waals surface area contributed by atoms with E-state index in [0.717, 1.165) is 11.3 Å². The average molecular weight is 321 g/mol. The van der Waals surface area contributed by atoms with Gasteiger partial charge in [-0.25, -0.2) is 17.9 Å². The number of sulfonamides is 1. The third-order valence-corrected chi connectivity index (χ3v) is 5.82. The van der Waals surface area contributed by atoms with Crippen LogP contribution in [0.15, 0.2) is 16.3 Å². The van der Waals surface area contributed by atoms with Gasteiger partial charge in [0.25, 0.3) is 0 Å². The summed E-state index contributed by atoms with van der Waals surface area (Å²) in [5.41, 5.74) is -1.27. The number of aliphatic hydroxyl groups is 1. The van der Waals surface area contributed by atoms with Crippen LogP contribution in [-0.4, -0.2) is 49.5 Å². The van der Waals surface area contributed by atoms with Gasteiger partial charge in [-0.15, -0.1) is 11.3 Å². The highest BCUT2D eigenvalue weighted by Gasteiger charge is 2.40. The predicted octanol–water partition coefficient (Wildman–Crippen LogP) is 0.264. The number of carboxylic acid groups (broad SMARTS) is 1. The molecule has 1 aromatic heterocycles. The fraction of sp³-hybridized carbons (Fsp3) is 0.545. The van der Waals surface area contributed by atoms with Crippen molar-refractivity contribution in [2.24, 2.45) is 0 Å². The number of ether oxygens (including phenoxy) is 1. The molecule has 1 fully saturated rings. The lowest BCUT2D eigenvalue weighted by Gasteiger charge is -2.25. The van der Waals surface area contributed by atoms with Gasteiger partial charge in [0.15, 0.2) is 0 Å². The van der Waals surface area contributed by atoms with E-state index in [2.05, 4.69) is 4.72 Å². The molecule has 0 radical (unpaired) electrons. The summed E-state index contributed by atoms with van der Waals surface area (Å²) in [6.07, 6.45) is -0.154. The van der Waals surface area contributed by atoms with E-state index in [1.165, 1.54) is 11.4 Å². The van der Waals surface area contributed by atoms with Crippen molar-refractivity contribution < 1.29 is 28.2 Å². The molecule has 2 unspecified atom stereocenters. The number of thiophene rings is 1. The highest BCUT2D eigenvalue weighted by atomic mass is 32.2. The maximum Gasteiger partial charge on any atom is 0.347 e. The molecular formula is C11H15NO6S2. The number of aromatic carboxylic acids is 1. The number of rotatable bonds is 5. The minimum absolute atomic E-state index is 0.217. The monoisotopic (exact) mass is 321 g/mol. The van der Waals surface area contributed by atoms with Crippen LogP contribution < -0.4 is 4.72 Å². The minimum Gasteiger partial charge on any atom is -0.477 e. The van der Waals surface area contributed by atoms with Crippen molar-refractivity contribution in [3.05, 3.63) is 16.3 Å². The van der Waals surface area contributed by atoms with Crippen molar-refractivity contribution in [3.63, 3.8) is 0 Å². The summed E-state index contributed by atoms with van der Waals surface area (Å²) in [7, 11) is -3.98. The molecule has 1 saturated heterocycles. The van der Waals surface area contributed by atoms with E-state index in [1.54, 1.807) is 6.92 Å². The lowest BCUT2D eigenvalue weighted by molar-refractivity contribution is -0.0228. The molecule has 1 aliphatic rings. The van der Waals surface area contributed by atoms with Crippen molar-refractivity contribution in [3.8, 4) is 0 Å². The Labute approximate surface area is 120 Å². The molecule has 3 N–H and O–H groups in total. The molecule has 2 atom stereocenters. The molecule has 0 aliphatic carbocycles. The van der Waals surface area contributed by atoms with Gasteiger partial charge in [-0.1, -0.05) is 0 Å². The zero-order chi connectivity index (χ0) is 15.0. The van der Waals surface area contributed by atoms with Crippen LogP contribution in [0.2, 0.25) is 0 Å². The molecule has 1 aliphatic heterocycles. The first kappa shape index (κ1) is 15.4. The van der Waals surface area contributed by atoms with E-state index >= 15 is 0 Å². The molecule has 9 heteroatoms. The second-order valence-electron chi connectivity index (χ2n) is 4.61. The summed E-state index contributed by atoms with van der Waals surface area (Å²) in [6, 6.07) is 1.23. The number of hydrogen-bond donors (Lipinski definition) is 3. The van der Waals surface area contributed by atoms with Crippen LogP contribution in [0.1, 0.15) is 23.0 Å². The molecule has 20 heavy (non-hydrogen) atoms. The smallest absolute Gasteiger partial charge is 0.347 e. The Morgan fingerprint density at radius 3 is 2.90 bits per heavy atom. The van der Waals surface area contributed by atoms with Crippen molar-refractivity contribution in [1.82, 2.24) is 4.72 Å². The third-order valence-electron chi connectivity index (χ3n) is 3.34. The van der Waals surface area contributed by atoms with Crippen LogP contribution in [0.3, 0.4) is 0 Å². The van der Waals surface area contributed by atoms with Crippen LogP contribution in [0, 0.1) is 0 Å². The van der Waals surface area contributed by atoms with Gasteiger partial charge in [-0.2, -0.15) is 0 Å². The molecule has 0 amide bonds. The summed E-state index contributed by atoms with van der Waals surface area (Å²) in [5, 5.41) is 20.6. The Balaban J connectivity index is 2.16. The van der Waals surface area contributed by atoms with Gasteiger partial charge in [0.1, 0.15) is 15.4 Å². The molecule has 0 aromatic carbocycles. The number of nitrogens with one attached hydrogen (secondary N) is 1. The molecule has 112 valence electrons. The predicted molar refractivity (Wildman–Crippen MR) is 71.4 cm³/mol. The first-order valence-electron chi connectivity index (χ1n) is 5.91. The highest BCUT2D eigenvalue weighted by Crippen LogP contribution is 2.26. The largest absolute Gasteiger partial charge is 0.477 e. The Kier molecular flexibility index (Phi) is 4.17. The Bertz CT molecular complexity index is 610. The van der Waals surface area contributed by atoms with Gasteiger partial charge >= 0.3 is 5.97 Å². The van der Waals surface area contributed by atoms with Gasteiger partial charge in [0.2, 0.25) is 10.0 Å². The zero-order valence-corrected chi connectivity index (χ0v) is 12.3. The summed E-state index contributed by atoms with van der Waals surface area (Å²) in [5.74, 6) is -1.29. The summed E-state index contributed by atoms with van der Waals surface area (Å²) >= 11 is 0.836. The molecule has 2 heterocycles. The van der Waals surface area contributed by atoms with Gasteiger partial charge in [0.05, 0.1) is 6.10 Å². The third kappa shape index (κ3) is 2.86. The summed E-state index contributed by atoms with van der Waals surface area (Å²) in [6.45, 7) is 1.80. The van der Waals surface area contributed by atoms with Crippen LogP contribution >= 0.6 is 11.3 Å². The highest BCUT2D eigenvalue weighted by molar-refractivity contribution is 7.89. The maximum atomic E-state index is 12.1. The van der Waals surface area contributed by atoms with Crippen molar-refractivity contribution >= 4 is 27.3 Å². The van der Waals surface area contributed by atoms with E-state index < -0.39 is 27.7 Å². The van der Waals surface area contributed by atoms with Crippen LogP contribution in [-0.2, 0) is 14.8 Å². The lowest BCUT2D eigenvalue weighted by atomic mass is 9.97. The standard InChI is InChI=1S/C11H15NO6S2/c1-7-11(15,3-4-18-7)6-12-20(16,17)8-2-5-19-9(8)10(13)14/h2,5,7,12,15H,3-4,6H2,1H3,(H,13,14). The van der Waals surface area contributed by atoms with Gasteiger partial charge in [0, 0.05) is 19.6 Å². The number of carboxylic acids is 1. The Morgan fingerprint density at radius 1 is 1.65 bits per heavy atom. The molecule has 0 saturated carbocycles. The van der Waals surface area contributed by atoms with Crippen LogP contribution in [0.25, 0.3) is 0 Å². The second kappa shape index (κ2) is 5.41. The van der Waals surface area contributed by atoms with E-state index in [4.69, 9.17) is 9.84 Å². The number of hydrogen-bond acceptors (Lipinski definition) is 6. The maximum absolute atomic E-state index is 12.1. The average Bonchev–Trinajstić information content (AvgIpc) is 2.96. The van der Waals surface area contributed by atoms with Gasteiger partial charge in [-0.05, 0) is 18.4 Å². The fourth-order valence-corrected chi connectivity index (χ4v) is 4.32. The van der Waals surface area contributed by atoms with Crippen LogP contribution in [0.5, 0.6) is 0 Å². The van der Waals surface area contributed by atoms with Crippen molar-refractivity contribution in [2.75, 3.05) is 13.2 Å². The topological polar surface area (TPSA) is 113 Å². The van der Waals surface area contributed by atoms with Crippen molar-refractivity contribution in [1.29, 1.82) is 0 Å². The Morgan fingerprint density at radius 2 is 2.35 bits per heavy atom. The molecule has 1 aromatic rings. The summed E-state index contributed by atoms with van der Waals surface area (Å²) < 4.78 is 31.7. The van der Waals surface area contributed by atoms with E-state index in [-0.39, 0.29) is 16.3 Å². The van der Waals surface area contributed by atoms with Crippen molar-refractivity contribution in [2.45, 2.75) is 29.9 Å². The SMILES string of the molecule is CC1OCCC1(O)CNS(=O)(=O)c1ccsc1C(=O)O. The normalized spacial score (nSPS) is 26.8. The number of carbonyl (C=O) groups is 1. The lowest BCUT2D eigenvalue weighted by Crippen LogP contribution is -2.47. The van der Waals surface area contributed by atoms with E-state index in [1.807, 2.05) is 0 Å². The first-order valence-corrected chi connectivity index (χ1v) is 8.27. The quantitative estimate of drug-likeness (QED) is 0.717. The molecular weight excluding hydrogens is 306 g/mol. The first-order chi connectivity index (χ1) is 9.26. The summed E-state index contributed by atoms with van der Waals surface area (Å²) in [4.78, 5) is 10.4. The zero-order valence-electron chi connectivity index (χ0n) is 10.7. The van der Waals surface area contributed by atoms with Crippen LogP contribution in [0.4, 0.5) is 0 Å². The molecule has 7 nitrogen and oxygen atoms in total. The van der Waals surface area contributed by atoms with E-state index in [9.17, 15) is 18.3 Å². The van der Waals surface area contributed by atoms with Gasteiger partial charge in [-0.3, -0.25) is 0 Å². The molecule has 2 rings (SSSR count). The molecule has 0 spiro atoms. The fourth-order valence-electron chi connectivity index (χ4n) is 1.97. The second-order valence-corrected chi connectivity index (χ2v) is 7.26. The minimum atomic E-state index is -3.98. The van der Waals surface area contributed by atoms with Gasteiger partial charge < -0.3 is 14.9 Å². The Hall–Kier alpha value is -1.00.